The Morgan fingerprint density at radius 3 is 2.57 bits per heavy atom. The van der Waals surface area contributed by atoms with Gasteiger partial charge in [-0.2, -0.15) is 11.8 Å². The quantitative estimate of drug-likeness (QED) is 0.764. The monoisotopic (exact) mass is 210 g/mol. The maximum Gasteiger partial charge on any atom is 0.123 e. The highest BCUT2D eigenvalue weighted by molar-refractivity contribution is 8.00. The lowest BCUT2D eigenvalue weighted by Crippen LogP contribution is -2.08. The molecule has 2 rings (SSSR count). The van der Waals surface area contributed by atoms with Gasteiger partial charge < -0.3 is 9.47 Å². The van der Waals surface area contributed by atoms with Crippen LogP contribution >= 0.6 is 11.8 Å². The van der Waals surface area contributed by atoms with E-state index in [0.717, 1.165) is 11.5 Å². The van der Waals surface area contributed by atoms with Gasteiger partial charge in [-0.15, -0.1) is 0 Å². The van der Waals surface area contributed by atoms with Gasteiger partial charge in [0, 0.05) is 10.8 Å². The van der Waals surface area contributed by atoms with Crippen LogP contribution in [-0.4, -0.2) is 20.0 Å². The van der Waals surface area contributed by atoms with Crippen LogP contribution in [0.1, 0.15) is 17.2 Å². The van der Waals surface area contributed by atoms with E-state index in [2.05, 4.69) is 6.07 Å². The predicted octanol–water partition coefficient (Wildman–Crippen LogP) is 2.88. The van der Waals surface area contributed by atoms with E-state index in [1.807, 2.05) is 23.9 Å². The van der Waals surface area contributed by atoms with Crippen molar-refractivity contribution in [2.24, 2.45) is 0 Å². The highest BCUT2D eigenvalue weighted by Crippen LogP contribution is 2.46. The van der Waals surface area contributed by atoms with Crippen molar-refractivity contribution in [3.63, 3.8) is 0 Å². The second-order valence-electron chi connectivity index (χ2n) is 3.26. The van der Waals surface area contributed by atoms with Crippen molar-refractivity contribution < 1.29 is 9.47 Å². The summed E-state index contributed by atoms with van der Waals surface area (Å²) in [6.07, 6.45) is 1.24. The molecule has 0 N–H and O–H groups in total. The summed E-state index contributed by atoms with van der Waals surface area (Å²) in [6.45, 7) is 0. The Kier molecular flexibility index (Phi) is 2.87. The molecule has 1 aliphatic heterocycles. The van der Waals surface area contributed by atoms with E-state index in [1.54, 1.807) is 14.2 Å². The number of rotatable bonds is 3. The molecule has 0 aromatic heterocycles. The van der Waals surface area contributed by atoms with Crippen LogP contribution in [0.5, 0.6) is 11.5 Å². The topological polar surface area (TPSA) is 18.5 Å². The molecule has 3 heteroatoms. The molecule has 1 saturated heterocycles. The van der Waals surface area contributed by atoms with Gasteiger partial charge in [0.15, 0.2) is 0 Å². The van der Waals surface area contributed by atoms with Crippen LogP contribution in [0.15, 0.2) is 18.2 Å². The fourth-order valence-corrected chi connectivity index (χ4v) is 2.41. The molecule has 76 valence electrons. The molecule has 0 spiro atoms. The molecule has 2 nitrogen and oxygen atoms in total. The van der Waals surface area contributed by atoms with Crippen molar-refractivity contribution in [2.75, 3.05) is 20.0 Å². The van der Waals surface area contributed by atoms with E-state index in [4.69, 9.17) is 9.47 Å². The minimum absolute atomic E-state index is 0.597. The average molecular weight is 210 g/mol. The van der Waals surface area contributed by atoms with Gasteiger partial charge in [-0.3, -0.25) is 0 Å². The zero-order valence-corrected chi connectivity index (χ0v) is 9.26. The lowest BCUT2D eigenvalue weighted by atomic mass is 10.1. The van der Waals surface area contributed by atoms with Gasteiger partial charge in [-0.05, 0) is 30.4 Å². The molecule has 0 amide bonds. The lowest BCUT2D eigenvalue weighted by Gasteiger charge is -2.27. The minimum atomic E-state index is 0.597. The predicted molar refractivity (Wildman–Crippen MR) is 59.4 cm³/mol. The van der Waals surface area contributed by atoms with Gasteiger partial charge in [-0.25, -0.2) is 0 Å². The van der Waals surface area contributed by atoms with Crippen LogP contribution in [0.2, 0.25) is 0 Å². The maximum absolute atomic E-state index is 5.33. The van der Waals surface area contributed by atoms with Crippen LogP contribution in [0.4, 0.5) is 0 Å². The van der Waals surface area contributed by atoms with E-state index in [-0.39, 0.29) is 0 Å². The Morgan fingerprint density at radius 2 is 2.07 bits per heavy atom. The SMILES string of the molecule is COc1ccc(OC)c(C2CCS2)c1. The fourth-order valence-electron chi connectivity index (χ4n) is 1.57. The molecular formula is C11H14O2S. The van der Waals surface area contributed by atoms with Crippen LogP contribution < -0.4 is 9.47 Å². The summed E-state index contributed by atoms with van der Waals surface area (Å²) in [5.41, 5.74) is 1.27. The fraction of sp³-hybridized carbons (Fsp3) is 0.455. The third-order valence-electron chi connectivity index (χ3n) is 2.48. The number of thioether (sulfide) groups is 1. The molecule has 0 radical (unpaired) electrons. The van der Waals surface area contributed by atoms with E-state index in [0.29, 0.717) is 5.25 Å². The molecule has 1 atom stereocenters. The molecule has 1 unspecified atom stereocenters. The number of ether oxygens (including phenoxy) is 2. The van der Waals surface area contributed by atoms with E-state index in [1.165, 1.54) is 17.7 Å². The Labute approximate surface area is 88.6 Å². The number of benzene rings is 1. The zero-order chi connectivity index (χ0) is 9.97. The van der Waals surface area contributed by atoms with Gasteiger partial charge in [0.05, 0.1) is 14.2 Å². The first-order valence-corrected chi connectivity index (χ1v) is 5.73. The highest BCUT2D eigenvalue weighted by atomic mass is 32.2. The third-order valence-corrected chi connectivity index (χ3v) is 3.85. The van der Waals surface area contributed by atoms with Crippen molar-refractivity contribution in [1.29, 1.82) is 0 Å². The van der Waals surface area contributed by atoms with Gasteiger partial charge >= 0.3 is 0 Å². The number of methoxy groups -OCH3 is 2. The summed E-state index contributed by atoms with van der Waals surface area (Å²) < 4.78 is 10.5. The standard InChI is InChI=1S/C11H14O2S/c1-12-8-3-4-10(13-2)9(7-8)11-5-6-14-11/h3-4,7,11H,5-6H2,1-2H3. The van der Waals surface area contributed by atoms with Crippen LogP contribution in [0, 0.1) is 0 Å². The summed E-state index contributed by atoms with van der Waals surface area (Å²) in [7, 11) is 3.41. The molecule has 1 heterocycles. The summed E-state index contributed by atoms with van der Waals surface area (Å²) >= 11 is 1.97. The third kappa shape index (κ3) is 1.69. The molecular weight excluding hydrogens is 196 g/mol. The van der Waals surface area contributed by atoms with Crippen molar-refractivity contribution in [3.05, 3.63) is 23.8 Å². The van der Waals surface area contributed by atoms with Crippen LogP contribution in [0.3, 0.4) is 0 Å². The summed E-state index contributed by atoms with van der Waals surface area (Å²) in [6, 6.07) is 5.99. The van der Waals surface area contributed by atoms with Crippen molar-refractivity contribution in [1.82, 2.24) is 0 Å². The molecule has 1 aromatic rings. The first kappa shape index (κ1) is 9.71. The molecule has 0 aliphatic carbocycles. The Bertz CT molecular complexity index is 321. The number of hydrogen-bond donors (Lipinski definition) is 0. The molecule has 14 heavy (non-hydrogen) atoms. The highest BCUT2D eigenvalue weighted by Gasteiger charge is 2.23. The number of hydrogen-bond acceptors (Lipinski definition) is 3. The second kappa shape index (κ2) is 4.13. The lowest BCUT2D eigenvalue weighted by molar-refractivity contribution is 0.398. The molecule has 0 saturated carbocycles. The molecule has 1 aromatic carbocycles. The van der Waals surface area contributed by atoms with E-state index < -0.39 is 0 Å². The van der Waals surface area contributed by atoms with E-state index in [9.17, 15) is 0 Å². The zero-order valence-electron chi connectivity index (χ0n) is 8.45. The van der Waals surface area contributed by atoms with Crippen molar-refractivity contribution in [3.8, 4) is 11.5 Å². The van der Waals surface area contributed by atoms with E-state index >= 15 is 0 Å². The molecule has 1 fully saturated rings. The van der Waals surface area contributed by atoms with Crippen LogP contribution in [0.25, 0.3) is 0 Å². The smallest absolute Gasteiger partial charge is 0.123 e. The Morgan fingerprint density at radius 1 is 1.29 bits per heavy atom. The summed E-state index contributed by atoms with van der Waals surface area (Å²) in [5, 5.41) is 0.597. The minimum Gasteiger partial charge on any atom is -0.497 e. The normalized spacial score (nSPS) is 20.0. The second-order valence-corrected chi connectivity index (χ2v) is 4.57. The van der Waals surface area contributed by atoms with Crippen molar-refractivity contribution >= 4 is 11.8 Å². The first-order chi connectivity index (χ1) is 6.85. The van der Waals surface area contributed by atoms with Gasteiger partial charge in [0.25, 0.3) is 0 Å². The van der Waals surface area contributed by atoms with Gasteiger partial charge in [0.1, 0.15) is 11.5 Å². The van der Waals surface area contributed by atoms with Gasteiger partial charge in [-0.1, -0.05) is 0 Å². The Hall–Kier alpha value is -0.830. The van der Waals surface area contributed by atoms with Crippen molar-refractivity contribution in [2.45, 2.75) is 11.7 Å². The first-order valence-electron chi connectivity index (χ1n) is 4.68. The molecule has 1 aliphatic rings. The summed E-state index contributed by atoms with van der Waals surface area (Å²) in [5.74, 6) is 3.14. The Balaban J connectivity index is 2.31. The summed E-state index contributed by atoms with van der Waals surface area (Å²) in [4.78, 5) is 0. The molecule has 0 bridgehead atoms. The maximum atomic E-state index is 5.33. The van der Waals surface area contributed by atoms with Crippen LogP contribution in [-0.2, 0) is 0 Å². The largest absolute Gasteiger partial charge is 0.497 e. The average Bonchev–Trinajstić information content (AvgIpc) is 2.15. The van der Waals surface area contributed by atoms with Gasteiger partial charge in [0.2, 0.25) is 0 Å².